The number of likely N-dealkylation sites (tertiary alicyclic amines) is 1. The molecule has 5 rings (SSSR count). The molecule has 2 fully saturated rings. The first-order chi connectivity index (χ1) is 16.1. The highest BCUT2D eigenvalue weighted by molar-refractivity contribution is 6.06. The molecule has 172 valence electrons. The number of fused-ring (bicyclic) bond motifs is 1. The van der Waals surface area contributed by atoms with Gasteiger partial charge in [0.2, 0.25) is 11.7 Å². The molecule has 0 radical (unpaired) electrons. The summed E-state index contributed by atoms with van der Waals surface area (Å²) in [5.74, 6) is 0.382. The maximum Gasteiger partial charge on any atom is 0.294 e. The number of hydrogen-bond acceptors (Lipinski definition) is 5. The Morgan fingerprint density at radius 1 is 1.06 bits per heavy atom. The van der Waals surface area contributed by atoms with E-state index < -0.39 is 0 Å². The number of anilines is 1. The zero-order valence-electron chi connectivity index (χ0n) is 19.0. The van der Waals surface area contributed by atoms with Gasteiger partial charge in [0.05, 0.1) is 16.9 Å². The quantitative estimate of drug-likeness (QED) is 0.604. The van der Waals surface area contributed by atoms with Gasteiger partial charge in [-0.05, 0) is 44.7 Å². The molecule has 1 aliphatic carbocycles. The molecule has 0 bridgehead atoms. The Morgan fingerprint density at radius 2 is 1.91 bits per heavy atom. The van der Waals surface area contributed by atoms with E-state index >= 15 is 0 Å². The van der Waals surface area contributed by atoms with Gasteiger partial charge in [-0.3, -0.25) is 14.6 Å². The molecule has 7 heteroatoms. The van der Waals surface area contributed by atoms with Crippen LogP contribution in [0, 0.1) is 12.8 Å². The molecule has 0 spiro atoms. The molecule has 2 amide bonds. The molecular formula is C26H30N4O3. The van der Waals surface area contributed by atoms with Crippen molar-refractivity contribution >= 4 is 28.4 Å². The summed E-state index contributed by atoms with van der Waals surface area (Å²) < 4.78 is 5.41. The molecule has 1 aliphatic heterocycles. The van der Waals surface area contributed by atoms with Crippen molar-refractivity contribution in [3.05, 3.63) is 53.5 Å². The second-order valence-corrected chi connectivity index (χ2v) is 9.36. The van der Waals surface area contributed by atoms with Crippen molar-refractivity contribution in [2.24, 2.45) is 5.92 Å². The van der Waals surface area contributed by atoms with Crippen molar-refractivity contribution in [3.8, 4) is 0 Å². The summed E-state index contributed by atoms with van der Waals surface area (Å²) in [6.45, 7) is 3.38. The average molecular weight is 447 g/mol. The fourth-order valence-corrected chi connectivity index (χ4v) is 5.14. The summed E-state index contributed by atoms with van der Waals surface area (Å²) in [6.07, 6.45) is 7.45. The largest absolute Gasteiger partial charge is 0.351 e. The van der Waals surface area contributed by atoms with Gasteiger partial charge >= 0.3 is 0 Å². The van der Waals surface area contributed by atoms with Crippen LogP contribution in [0.3, 0.4) is 0 Å². The Morgan fingerprint density at radius 3 is 2.76 bits per heavy atom. The van der Waals surface area contributed by atoms with Crippen LogP contribution in [0.1, 0.15) is 72.8 Å². The molecule has 1 saturated carbocycles. The van der Waals surface area contributed by atoms with Gasteiger partial charge in [-0.2, -0.15) is 0 Å². The minimum Gasteiger partial charge on any atom is -0.351 e. The Hall–Kier alpha value is -3.22. The lowest BCUT2D eigenvalue weighted by Gasteiger charge is -2.35. The van der Waals surface area contributed by atoms with Crippen LogP contribution in [-0.2, 0) is 4.79 Å². The summed E-state index contributed by atoms with van der Waals surface area (Å²) in [4.78, 5) is 32.4. The molecule has 1 atom stereocenters. The highest BCUT2D eigenvalue weighted by Gasteiger charge is 2.31. The van der Waals surface area contributed by atoms with Crippen molar-refractivity contribution in [2.75, 3.05) is 18.4 Å². The van der Waals surface area contributed by atoms with Crippen LogP contribution in [0.5, 0.6) is 0 Å². The summed E-state index contributed by atoms with van der Waals surface area (Å²) in [6, 6.07) is 11.3. The van der Waals surface area contributed by atoms with Crippen LogP contribution in [0.4, 0.5) is 5.69 Å². The van der Waals surface area contributed by atoms with Crippen molar-refractivity contribution in [1.29, 1.82) is 0 Å². The van der Waals surface area contributed by atoms with E-state index in [1.54, 1.807) is 6.07 Å². The van der Waals surface area contributed by atoms with E-state index in [1.165, 1.54) is 6.42 Å². The number of carbonyl (C=O) groups is 2. The standard InChI is InChI=1S/C26H30N4O3/c1-17-12-13-18-9-5-11-21(24(18)27-17)28-25(31)23-15-22(29-33-23)20-10-6-14-30(16-20)26(32)19-7-3-2-4-8-19/h5,9,11-13,15,19-20H,2-4,6-8,10,14,16H2,1H3,(H,28,31)/t20-/m1/s1. The van der Waals surface area contributed by atoms with E-state index in [4.69, 9.17) is 4.52 Å². The summed E-state index contributed by atoms with van der Waals surface area (Å²) in [7, 11) is 0. The first-order valence-corrected chi connectivity index (χ1v) is 12.0. The smallest absolute Gasteiger partial charge is 0.294 e. The highest BCUT2D eigenvalue weighted by atomic mass is 16.5. The summed E-state index contributed by atoms with van der Waals surface area (Å²) in [5, 5.41) is 8.07. The number of amides is 2. The number of benzene rings is 1. The molecule has 7 nitrogen and oxygen atoms in total. The Kier molecular flexibility index (Phi) is 6.11. The van der Waals surface area contributed by atoms with Crippen molar-refractivity contribution in [1.82, 2.24) is 15.0 Å². The maximum absolute atomic E-state index is 13.0. The lowest BCUT2D eigenvalue weighted by molar-refractivity contribution is -0.137. The lowest BCUT2D eigenvalue weighted by atomic mass is 9.87. The molecule has 2 aliphatic rings. The SMILES string of the molecule is Cc1ccc2cccc(NC(=O)c3cc([C@@H]4CCCN(C(=O)C5CCCCC5)C4)no3)c2n1. The van der Waals surface area contributed by atoms with Crippen LogP contribution in [-0.4, -0.2) is 39.9 Å². The molecule has 2 aromatic heterocycles. The summed E-state index contributed by atoms with van der Waals surface area (Å²) in [5.41, 5.74) is 3.01. The molecule has 3 aromatic rings. The highest BCUT2D eigenvalue weighted by Crippen LogP contribution is 2.31. The number of carbonyl (C=O) groups excluding carboxylic acids is 2. The molecule has 0 unspecified atom stereocenters. The number of hydrogen-bond donors (Lipinski definition) is 1. The third-order valence-electron chi connectivity index (χ3n) is 6.97. The first-order valence-electron chi connectivity index (χ1n) is 12.0. The minimum atomic E-state index is -0.351. The molecule has 1 N–H and O–H groups in total. The van der Waals surface area contributed by atoms with Crippen LogP contribution < -0.4 is 5.32 Å². The van der Waals surface area contributed by atoms with E-state index in [9.17, 15) is 9.59 Å². The van der Waals surface area contributed by atoms with Gasteiger partial charge in [0.1, 0.15) is 0 Å². The second-order valence-electron chi connectivity index (χ2n) is 9.36. The predicted octanol–water partition coefficient (Wildman–Crippen LogP) is 5.07. The van der Waals surface area contributed by atoms with Gasteiger partial charge in [-0.15, -0.1) is 0 Å². The molecule has 1 saturated heterocycles. The van der Waals surface area contributed by atoms with E-state index in [-0.39, 0.29) is 23.5 Å². The van der Waals surface area contributed by atoms with Crippen LogP contribution in [0.15, 0.2) is 40.9 Å². The maximum atomic E-state index is 13.0. The number of aromatic nitrogens is 2. The minimum absolute atomic E-state index is 0.0958. The molecular weight excluding hydrogens is 416 g/mol. The van der Waals surface area contributed by atoms with Gasteiger partial charge < -0.3 is 14.7 Å². The third-order valence-corrected chi connectivity index (χ3v) is 6.97. The average Bonchev–Trinajstić information content (AvgIpc) is 3.35. The zero-order chi connectivity index (χ0) is 22.8. The van der Waals surface area contributed by atoms with Gasteiger partial charge in [0.25, 0.3) is 5.91 Å². The van der Waals surface area contributed by atoms with Gasteiger partial charge in [-0.25, -0.2) is 0 Å². The monoisotopic (exact) mass is 446 g/mol. The number of pyridine rings is 1. The molecule has 33 heavy (non-hydrogen) atoms. The van der Waals surface area contributed by atoms with Crippen LogP contribution in [0.25, 0.3) is 10.9 Å². The third kappa shape index (κ3) is 4.63. The van der Waals surface area contributed by atoms with Gasteiger partial charge in [0.15, 0.2) is 0 Å². The van der Waals surface area contributed by atoms with Crippen LogP contribution >= 0.6 is 0 Å². The lowest BCUT2D eigenvalue weighted by Crippen LogP contribution is -2.42. The molecule has 3 heterocycles. The summed E-state index contributed by atoms with van der Waals surface area (Å²) >= 11 is 0. The number of nitrogens with one attached hydrogen (secondary N) is 1. The number of rotatable bonds is 4. The van der Waals surface area contributed by atoms with Crippen molar-refractivity contribution < 1.29 is 14.1 Å². The number of para-hydroxylation sites is 1. The fraction of sp³-hybridized carbons (Fsp3) is 0.462. The fourth-order valence-electron chi connectivity index (χ4n) is 5.14. The van der Waals surface area contributed by atoms with E-state index in [2.05, 4.69) is 15.5 Å². The normalized spacial score (nSPS) is 19.5. The van der Waals surface area contributed by atoms with Crippen LogP contribution in [0.2, 0.25) is 0 Å². The van der Waals surface area contributed by atoms with Gasteiger partial charge in [0, 0.05) is 42.1 Å². The van der Waals surface area contributed by atoms with Gasteiger partial charge in [-0.1, -0.05) is 42.6 Å². The van der Waals surface area contributed by atoms with E-state index in [0.29, 0.717) is 18.1 Å². The van der Waals surface area contributed by atoms with Crippen molar-refractivity contribution in [3.63, 3.8) is 0 Å². The van der Waals surface area contributed by atoms with E-state index in [0.717, 1.165) is 67.4 Å². The van der Waals surface area contributed by atoms with E-state index in [1.807, 2.05) is 42.2 Å². The Bertz CT molecular complexity index is 1170. The number of piperidine rings is 1. The Balaban J connectivity index is 1.27. The zero-order valence-corrected chi connectivity index (χ0v) is 19.0. The predicted molar refractivity (Wildman–Crippen MR) is 126 cm³/mol. The second kappa shape index (κ2) is 9.33. The Labute approximate surface area is 193 Å². The number of nitrogens with zero attached hydrogens (tertiary/aromatic N) is 3. The number of aryl methyl sites for hydroxylation is 1. The van der Waals surface area contributed by atoms with Crippen molar-refractivity contribution in [2.45, 2.75) is 57.8 Å². The topological polar surface area (TPSA) is 88.3 Å². The molecule has 1 aromatic carbocycles. The first kappa shape index (κ1) is 21.6.